The van der Waals surface area contributed by atoms with Crippen molar-refractivity contribution in [1.82, 2.24) is 19.7 Å². The molecule has 2 aromatic heterocycles. The van der Waals surface area contributed by atoms with Gasteiger partial charge < -0.3 is 10.4 Å². The first kappa shape index (κ1) is 13.0. The summed E-state index contributed by atoms with van der Waals surface area (Å²) in [5, 5.41) is 12.2. The molecule has 0 fully saturated rings. The Morgan fingerprint density at radius 3 is 2.94 bits per heavy atom. The van der Waals surface area contributed by atoms with Gasteiger partial charge in [0.1, 0.15) is 0 Å². The third-order valence-electron chi connectivity index (χ3n) is 3.06. The van der Waals surface area contributed by atoms with Gasteiger partial charge in [-0.25, -0.2) is 9.97 Å². The maximum Gasteiger partial charge on any atom is 0.234 e. The molecule has 18 heavy (non-hydrogen) atoms. The van der Waals surface area contributed by atoms with Crippen LogP contribution in [0.2, 0.25) is 0 Å². The van der Waals surface area contributed by atoms with Crippen LogP contribution < -0.4 is 5.32 Å². The molecule has 0 saturated carbocycles. The van der Waals surface area contributed by atoms with E-state index in [0.717, 1.165) is 35.8 Å². The summed E-state index contributed by atoms with van der Waals surface area (Å²) in [5.41, 5.74) is 3.22. The minimum Gasteiger partial charge on any atom is -0.396 e. The maximum absolute atomic E-state index is 8.87. The van der Waals surface area contributed by atoms with Gasteiger partial charge in [0, 0.05) is 30.6 Å². The lowest BCUT2D eigenvalue weighted by Crippen LogP contribution is -2.27. The second-order valence-electron chi connectivity index (χ2n) is 4.72. The average Bonchev–Trinajstić information content (AvgIpc) is 2.70. The molecule has 0 bridgehead atoms. The van der Waals surface area contributed by atoms with Crippen LogP contribution in [-0.4, -0.2) is 32.1 Å². The van der Waals surface area contributed by atoms with Crippen molar-refractivity contribution in [3.05, 3.63) is 29.3 Å². The molecule has 2 N–H and O–H groups in total. The Balaban J connectivity index is 2.19. The zero-order valence-electron chi connectivity index (χ0n) is 11.1. The molecule has 0 aliphatic carbocycles. The highest BCUT2D eigenvalue weighted by molar-refractivity contribution is 5.35. The van der Waals surface area contributed by atoms with Gasteiger partial charge in [0.25, 0.3) is 0 Å². The molecule has 0 aliphatic heterocycles. The molecule has 0 aromatic carbocycles. The van der Waals surface area contributed by atoms with Crippen LogP contribution in [0.5, 0.6) is 0 Å². The summed E-state index contributed by atoms with van der Waals surface area (Å²) in [5.74, 6) is 0.749. The molecule has 0 saturated heterocycles. The maximum atomic E-state index is 8.87. The van der Waals surface area contributed by atoms with Crippen molar-refractivity contribution in [2.45, 2.75) is 39.8 Å². The number of nitrogens with one attached hydrogen (secondary N) is 1. The van der Waals surface area contributed by atoms with E-state index in [2.05, 4.69) is 39.6 Å². The summed E-state index contributed by atoms with van der Waals surface area (Å²) in [6.45, 7) is 7.04. The van der Waals surface area contributed by atoms with Gasteiger partial charge in [-0.15, -0.1) is 0 Å². The molecule has 0 radical (unpaired) electrons. The van der Waals surface area contributed by atoms with E-state index in [1.165, 1.54) is 0 Å². The lowest BCUT2D eigenvalue weighted by molar-refractivity contribution is 0.268. The summed E-state index contributed by atoms with van der Waals surface area (Å²) < 4.78 is 2.06. The van der Waals surface area contributed by atoms with E-state index in [-0.39, 0.29) is 6.61 Å². The topological polar surface area (TPSA) is 62.5 Å². The molecule has 98 valence electrons. The van der Waals surface area contributed by atoms with Gasteiger partial charge >= 0.3 is 0 Å². The first-order chi connectivity index (χ1) is 8.61. The Kier molecular flexibility index (Phi) is 3.93. The number of aliphatic hydroxyl groups excluding tert-OH is 1. The minimum atomic E-state index is 0.209. The fraction of sp³-hybridized carbons (Fsp3) is 0.538. The molecule has 2 heterocycles. The highest BCUT2D eigenvalue weighted by Crippen LogP contribution is 2.10. The predicted octanol–water partition coefficient (Wildman–Crippen LogP) is 1.21. The van der Waals surface area contributed by atoms with E-state index >= 15 is 0 Å². The number of aryl methyl sites for hydroxylation is 2. The number of imidazole rings is 1. The monoisotopic (exact) mass is 248 g/mol. The van der Waals surface area contributed by atoms with Gasteiger partial charge in [-0.1, -0.05) is 0 Å². The Bertz CT molecular complexity index is 535. The predicted molar refractivity (Wildman–Crippen MR) is 70.5 cm³/mol. The minimum absolute atomic E-state index is 0.209. The highest BCUT2D eigenvalue weighted by atomic mass is 16.3. The van der Waals surface area contributed by atoms with Crippen LogP contribution in [0.25, 0.3) is 5.78 Å². The van der Waals surface area contributed by atoms with E-state index in [0.29, 0.717) is 6.04 Å². The number of nitrogens with zero attached hydrogens (tertiary/aromatic N) is 3. The molecule has 5 heteroatoms. The fourth-order valence-electron chi connectivity index (χ4n) is 2.10. The normalized spacial score (nSPS) is 13.1. The van der Waals surface area contributed by atoms with Crippen molar-refractivity contribution >= 4 is 5.78 Å². The van der Waals surface area contributed by atoms with Gasteiger partial charge in [0.2, 0.25) is 5.78 Å². The van der Waals surface area contributed by atoms with Crippen LogP contribution in [-0.2, 0) is 6.54 Å². The third kappa shape index (κ3) is 2.68. The van der Waals surface area contributed by atoms with E-state index in [9.17, 15) is 0 Å². The second-order valence-corrected chi connectivity index (χ2v) is 4.72. The van der Waals surface area contributed by atoms with Gasteiger partial charge in [-0.05, 0) is 33.3 Å². The van der Waals surface area contributed by atoms with Crippen molar-refractivity contribution in [3.63, 3.8) is 0 Å². The van der Waals surface area contributed by atoms with E-state index in [1.54, 1.807) is 0 Å². The van der Waals surface area contributed by atoms with Crippen LogP contribution in [0.4, 0.5) is 0 Å². The lowest BCUT2D eigenvalue weighted by Gasteiger charge is -2.12. The molecule has 0 aliphatic rings. The largest absolute Gasteiger partial charge is 0.396 e. The average molecular weight is 248 g/mol. The molecule has 1 unspecified atom stereocenters. The number of hydrogen-bond acceptors (Lipinski definition) is 4. The Morgan fingerprint density at radius 1 is 1.44 bits per heavy atom. The van der Waals surface area contributed by atoms with Gasteiger partial charge in [0.05, 0.1) is 11.9 Å². The number of fused-ring (bicyclic) bond motifs is 1. The molecule has 0 spiro atoms. The zero-order chi connectivity index (χ0) is 13.1. The van der Waals surface area contributed by atoms with Crippen LogP contribution in [0.3, 0.4) is 0 Å². The van der Waals surface area contributed by atoms with Crippen molar-refractivity contribution in [3.8, 4) is 0 Å². The smallest absolute Gasteiger partial charge is 0.234 e. The quantitative estimate of drug-likeness (QED) is 0.835. The third-order valence-corrected chi connectivity index (χ3v) is 3.06. The number of hydrogen-bond donors (Lipinski definition) is 2. The molecule has 2 aromatic rings. The Morgan fingerprint density at radius 2 is 2.22 bits per heavy atom. The fourth-order valence-corrected chi connectivity index (χ4v) is 2.10. The van der Waals surface area contributed by atoms with E-state index in [4.69, 9.17) is 5.11 Å². The van der Waals surface area contributed by atoms with Crippen LogP contribution in [0.1, 0.15) is 30.4 Å². The van der Waals surface area contributed by atoms with Crippen molar-refractivity contribution in [2.24, 2.45) is 0 Å². The standard InChI is InChI=1S/C13H20N4O/c1-9(4-5-18)14-7-12-8-15-13-16-10(2)6-11(3)17(12)13/h6,8-9,14,18H,4-5,7H2,1-3H3. The first-order valence-electron chi connectivity index (χ1n) is 6.26. The van der Waals surface area contributed by atoms with E-state index < -0.39 is 0 Å². The Labute approximate surface area is 107 Å². The first-order valence-corrected chi connectivity index (χ1v) is 6.26. The molecule has 2 rings (SSSR count). The summed E-state index contributed by atoms with van der Waals surface area (Å²) in [6.07, 6.45) is 2.61. The SMILES string of the molecule is Cc1cc(C)n2c(CNC(C)CCO)cnc2n1. The van der Waals surface area contributed by atoms with Crippen LogP contribution in [0, 0.1) is 13.8 Å². The summed E-state index contributed by atoms with van der Waals surface area (Å²) >= 11 is 0. The molecular weight excluding hydrogens is 228 g/mol. The summed E-state index contributed by atoms with van der Waals surface area (Å²) in [7, 11) is 0. The van der Waals surface area contributed by atoms with Crippen molar-refractivity contribution in [1.29, 1.82) is 0 Å². The molecule has 0 amide bonds. The second kappa shape index (κ2) is 5.46. The summed E-state index contributed by atoms with van der Waals surface area (Å²) in [6, 6.07) is 2.34. The van der Waals surface area contributed by atoms with Gasteiger partial charge in [0.15, 0.2) is 0 Å². The lowest BCUT2D eigenvalue weighted by atomic mass is 10.2. The highest BCUT2D eigenvalue weighted by Gasteiger charge is 2.08. The number of rotatable bonds is 5. The number of aromatic nitrogens is 3. The summed E-state index contributed by atoms with van der Waals surface area (Å²) in [4.78, 5) is 8.73. The molecule has 1 atom stereocenters. The van der Waals surface area contributed by atoms with E-state index in [1.807, 2.05) is 13.1 Å². The van der Waals surface area contributed by atoms with Crippen molar-refractivity contribution < 1.29 is 5.11 Å². The van der Waals surface area contributed by atoms with Crippen molar-refractivity contribution in [2.75, 3.05) is 6.61 Å². The Hall–Kier alpha value is -1.46. The van der Waals surface area contributed by atoms with Crippen LogP contribution >= 0.6 is 0 Å². The van der Waals surface area contributed by atoms with Gasteiger partial charge in [-0.3, -0.25) is 4.40 Å². The van der Waals surface area contributed by atoms with Crippen LogP contribution in [0.15, 0.2) is 12.3 Å². The molecule has 5 nitrogen and oxygen atoms in total. The number of aliphatic hydroxyl groups is 1. The zero-order valence-corrected chi connectivity index (χ0v) is 11.1. The molecular formula is C13H20N4O. The van der Waals surface area contributed by atoms with Gasteiger partial charge in [-0.2, -0.15) is 0 Å².